The SMILES string of the molecule is COc1ccc2c(c1)sc(=NC(=O)C1CCCN1S(=O)(=O)c1ccc(C)cc1)n2C. The van der Waals surface area contributed by atoms with Crippen molar-refractivity contribution in [3.63, 3.8) is 0 Å². The zero-order valence-corrected chi connectivity index (χ0v) is 18.7. The van der Waals surface area contributed by atoms with Gasteiger partial charge in [-0.2, -0.15) is 9.30 Å². The number of carbonyl (C=O) groups excluding carboxylic acids is 1. The summed E-state index contributed by atoms with van der Waals surface area (Å²) in [6, 6.07) is 11.6. The molecule has 0 bridgehead atoms. The van der Waals surface area contributed by atoms with Gasteiger partial charge < -0.3 is 9.30 Å². The number of sulfonamides is 1. The van der Waals surface area contributed by atoms with E-state index in [0.29, 0.717) is 24.2 Å². The number of benzene rings is 2. The van der Waals surface area contributed by atoms with Gasteiger partial charge in [-0.15, -0.1) is 0 Å². The van der Waals surface area contributed by atoms with Gasteiger partial charge >= 0.3 is 0 Å². The van der Waals surface area contributed by atoms with Gasteiger partial charge in [0.2, 0.25) is 10.0 Å². The van der Waals surface area contributed by atoms with Crippen LogP contribution in [0.25, 0.3) is 10.2 Å². The number of amides is 1. The van der Waals surface area contributed by atoms with Crippen molar-refractivity contribution in [1.82, 2.24) is 8.87 Å². The summed E-state index contributed by atoms with van der Waals surface area (Å²) >= 11 is 1.37. The van der Waals surface area contributed by atoms with Crippen molar-refractivity contribution >= 4 is 37.5 Å². The Morgan fingerprint density at radius 3 is 2.63 bits per heavy atom. The van der Waals surface area contributed by atoms with Crippen LogP contribution in [0.3, 0.4) is 0 Å². The second kappa shape index (κ2) is 7.98. The number of aromatic nitrogens is 1. The van der Waals surface area contributed by atoms with Gasteiger partial charge in [0.25, 0.3) is 5.91 Å². The van der Waals surface area contributed by atoms with Crippen LogP contribution < -0.4 is 9.54 Å². The van der Waals surface area contributed by atoms with Gasteiger partial charge in [0.05, 0.1) is 22.2 Å². The summed E-state index contributed by atoms with van der Waals surface area (Å²) in [5.41, 5.74) is 1.91. The third-order valence-electron chi connectivity index (χ3n) is 5.34. The maximum Gasteiger partial charge on any atom is 0.266 e. The van der Waals surface area contributed by atoms with Crippen LogP contribution >= 0.6 is 11.3 Å². The van der Waals surface area contributed by atoms with Crippen molar-refractivity contribution in [3.8, 4) is 5.75 Å². The van der Waals surface area contributed by atoms with E-state index in [1.165, 1.54) is 15.6 Å². The van der Waals surface area contributed by atoms with E-state index in [1.807, 2.05) is 36.7 Å². The van der Waals surface area contributed by atoms with Crippen LogP contribution in [-0.4, -0.2) is 42.9 Å². The van der Waals surface area contributed by atoms with Gasteiger partial charge in [-0.25, -0.2) is 8.42 Å². The third-order valence-corrected chi connectivity index (χ3v) is 8.36. The van der Waals surface area contributed by atoms with Crippen molar-refractivity contribution in [2.24, 2.45) is 12.0 Å². The number of rotatable bonds is 4. The molecule has 0 N–H and O–H groups in total. The van der Waals surface area contributed by atoms with Crippen LogP contribution in [-0.2, 0) is 21.9 Å². The number of fused-ring (bicyclic) bond motifs is 1. The van der Waals surface area contributed by atoms with Crippen LogP contribution in [0.15, 0.2) is 52.4 Å². The summed E-state index contributed by atoms with van der Waals surface area (Å²) in [5, 5.41) is 0. The van der Waals surface area contributed by atoms with Crippen molar-refractivity contribution in [3.05, 3.63) is 52.8 Å². The molecule has 0 spiro atoms. The normalized spacial score (nSPS) is 18.2. The van der Waals surface area contributed by atoms with Crippen molar-refractivity contribution < 1.29 is 17.9 Å². The third kappa shape index (κ3) is 3.68. The zero-order chi connectivity index (χ0) is 21.5. The van der Waals surface area contributed by atoms with E-state index in [9.17, 15) is 13.2 Å². The molecule has 1 unspecified atom stereocenters. The fourth-order valence-corrected chi connectivity index (χ4v) is 6.34. The predicted molar refractivity (Wildman–Crippen MR) is 116 cm³/mol. The fourth-order valence-electron chi connectivity index (χ4n) is 3.64. The molecule has 0 saturated carbocycles. The lowest BCUT2D eigenvalue weighted by Crippen LogP contribution is -2.40. The molecule has 2 heterocycles. The Hall–Kier alpha value is -2.49. The van der Waals surface area contributed by atoms with Gasteiger partial charge in [0.15, 0.2) is 4.80 Å². The molecule has 1 amide bonds. The summed E-state index contributed by atoms with van der Waals surface area (Å²) in [6.07, 6.45) is 1.10. The first kappa shape index (κ1) is 20.8. The minimum Gasteiger partial charge on any atom is -0.497 e. The molecule has 30 heavy (non-hydrogen) atoms. The van der Waals surface area contributed by atoms with Crippen LogP contribution in [0.2, 0.25) is 0 Å². The molecule has 2 aromatic carbocycles. The highest BCUT2D eigenvalue weighted by Gasteiger charge is 2.39. The van der Waals surface area contributed by atoms with Gasteiger partial charge in [0.1, 0.15) is 11.8 Å². The van der Waals surface area contributed by atoms with E-state index in [0.717, 1.165) is 21.5 Å². The first-order chi connectivity index (χ1) is 14.3. The lowest BCUT2D eigenvalue weighted by molar-refractivity contribution is -0.121. The Morgan fingerprint density at radius 2 is 1.93 bits per heavy atom. The Labute approximate surface area is 179 Å². The number of methoxy groups -OCH3 is 1. The molecular weight excluding hydrogens is 422 g/mol. The second-order valence-corrected chi connectivity index (χ2v) is 10.2. The molecule has 1 fully saturated rings. The van der Waals surface area contributed by atoms with Crippen LogP contribution in [0.4, 0.5) is 0 Å². The molecule has 1 aliphatic rings. The molecular formula is C21H23N3O4S2. The molecule has 7 nitrogen and oxygen atoms in total. The molecule has 9 heteroatoms. The molecule has 0 radical (unpaired) electrons. The average molecular weight is 446 g/mol. The highest BCUT2D eigenvalue weighted by Crippen LogP contribution is 2.27. The Kier molecular flexibility index (Phi) is 5.52. The maximum atomic E-state index is 13.1. The molecule has 0 aliphatic carbocycles. The van der Waals surface area contributed by atoms with E-state index >= 15 is 0 Å². The van der Waals surface area contributed by atoms with E-state index < -0.39 is 22.0 Å². The largest absolute Gasteiger partial charge is 0.497 e. The standard InChI is InChI=1S/C21H23N3O4S2/c1-14-6-9-16(10-7-14)30(26,27)24-12-4-5-18(24)20(25)22-21-23(2)17-11-8-15(28-3)13-19(17)29-21/h6-11,13,18H,4-5,12H2,1-3H3. The predicted octanol–water partition coefficient (Wildman–Crippen LogP) is 2.84. The van der Waals surface area contributed by atoms with E-state index in [-0.39, 0.29) is 4.90 Å². The van der Waals surface area contributed by atoms with E-state index in [1.54, 1.807) is 31.4 Å². The Bertz CT molecular complexity index is 1270. The molecule has 1 aromatic heterocycles. The topological polar surface area (TPSA) is 81.0 Å². The fraction of sp³-hybridized carbons (Fsp3) is 0.333. The molecule has 1 atom stereocenters. The lowest BCUT2D eigenvalue weighted by Gasteiger charge is -2.21. The number of aryl methyl sites for hydroxylation is 2. The van der Waals surface area contributed by atoms with Crippen molar-refractivity contribution in [1.29, 1.82) is 0 Å². The van der Waals surface area contributed by atoms with Crippen LogP contribution in [0, 0.1) is 6.92 Å². The molecule has 4 rings (SSSR count). The summed E-state index contributed by atoms with van der Waals surface area (Å²) in [7, 11) is -0.309. The monoisotopic (exact) mass is 445 g/mol. The number of hydrogen-bond donors (Lipinski definition) is 0. The highest BCUT2D eigenvalue weighted by molar-refractivity contribution is 7.89. The van der Waals surface area contributed by atoms with E-state index in [4.69, 9.17) is 4.74 Å². The highest BCUT2D eigenvalue weighted by atomic mass is 32.2. The van der Waals surface area contributed by atoms with Gasteiger partial charge in [-0.05, 0) is 50.1 Å². The quantitative estimate of drug-likeness (QED) is 0.618. The minimum absolute atomic E-state index is 0.201. The lowest BCUT2D eigenvalue weighted by atomic mass is 10.2. The van der Waals surface area contributed by atoms with Crippen LogP contribution in [0.1, 0.15) is 18.4 Å². The Morgan fingerprint density at radius 1 is 1.20 bits per heavy atom. The number of nitrogens with zero attached hydrogens (tertiary/aromatic N) is 3. The first-order valence-electron chi connectivity index (χ1n) is 9.62. The number of carbonyl (C=O) groups is 1. The van der Waals surface area contributed by atoms with Crippen molar-refractivity contribution in [2.75, 3.05) is 13.7 Å². The number of thiazole rings is 1. The smallest absolute Gasteiger partial charge is 0.266 e. The molecule has 158 valence electrons. The minimum atomic E-state index is -3.75. The van der Waals surface area contributed by atoms with Gasteiger partial charge in [-0.1, -0.05) is 29.0 Å². The first-order valence-corrected chi connectivity index (χ1v) is 11.9. The Balaban J connectivity index is 1.68. The van der Waals surface area contributed by atoms with Gasteiger partial charge in [-0.3, -0.25) is 4.79 Å². The molecule has 1 aliphatic heterocycles. The van der Waals surface area contributed by atoms with Crippen LogP contribution in [0.5, 0.6) is 5.75 Å². The second-order valence-electron chi connectivity index (χ2n) is 7.31. The summed E-state index contributed by atoms with van der Waals surface area (Å²) in [4.78, 5) is 18.0. The average Bonchev–Trinajstić information content (AvgIpc) is 3.34. The number of hydrogen-bond acceptors (Lipinski definition) is 5. The summed E-state index contributed by atoms with van der Waals surface area (Å²) in [6.45, 7) is 2.22. The summed E-state index contributed by atoms with van der Waals surface area (Å²) in [5.74, 6) is 0.297. The zero-order valence-electron chi connectivity index (χ0n) is 17.0. The summed E-state index contributed by atoms with van der Waals surface area (Å²) < 4.78 is 35.5. The molecule has 1 saturated heterocycles. The van der Waals surface area contributed by atoms with Crippen molar-refractivity contribution in [2.45, 2.75) is 30.7 Å². The maximum absolute atomic E-state index is 13.1. The van der Waals surface area contributed by atoms with Gasteiger partial charge in [0, 0.05) is 13.6 Å². The van der Waals surface area contributed by atoms with E-state index in [2.05, 4.69) is 4.99 Å². The number of ether oxygens (including phenoxy) is 1. The molecule has 3 aromatic rings.